The number of carbonyl (C=O) groups is 1. The Balaban J connectivity index is 1.47. The van der Waals surface area contributed by atoms with Crippen LogP contribution < -0.4 is 23.7 Å². The van der Waals surface area contributed by atoms with Crippen molar-refractivity contribution < 1.29 is 33.2 Å². The van der Waals surface area contributed by atoms with Gasteiger partial charge in [-0.2, -0.15) is 5.26 Å². The smallest absolute Gasteiger partial charge is 0.308 e. The van der Waals surface area contributed by atoms with E-state index in [1.807, 2.05) is 80.6 Å². The number of nitrogens with zero attached hydrogens (tertiary/aromatic N) is 3. The highest BCUT2D eigenvalue weighted by Crippen LogP contribution is 2.58. The molecule has 0 unspecified atom stereocenters. The van der Waals surface area contributed by atoms with E-state index in [4.69, 9.17) is 28.4 Å². The van der Waals surface area contributed by atoms with Crippen LogP contribution in [0.2, 0.25) is 0 Å². The fourth-order valence-electron chi connectivity index (χ4n) is 8.42. The minimum atomic E-state index is -0.570. The van der Waals surface area contributed by atoms with Crippen LogP contribution in [0.3, 0.4) is 0 Å². The number of methoxy groups -OCH3 is 3. The molecule has 0 aromatic heterocycles. The Morgan fingerprint density at radius 2 is 1.49 bits per heavy atom. The lowest BCUT2D eigenvalue weighted by Gasteiger charge is -2.57. The van der Waals surface area contributed by atoms with Gasteiger partial charge >= 0.3 is 5.97 Å². The number of hydrogen-bond acceptors (Lipinski definition) is 10. The molecule has 0 aliphatic carbocycles. The van der Waals surface area contributed by atoms with Gasteiger partial charge in [0.1, 0.15) is 18.4 Å². The maximum absolute atomic E-state index is 12.7. The lowest BCUT2D eigenvalue weighted by molar-refractivity contribution is -0.131. The lowest BCUT2D eigenvalue weighted by Crippen LogP contribution is -2.62. The van der Waals surface area contributed by atoms with E-state index in [-0.39, 0.29) is 18.7 Å². The molecule has 274 valence electrons. The number of ether oxygens (including phenoxy) is 6. The Hall–Kier alpha value is -5.50. The zero-order valence-electron chi connectivity index (χ0n) is 31.3. The zero-order valence-corrected chi connectivity index (χ0v) is 31.3. The summed E-state index contributed by atoms with van der Waals surface area (Å²) in [5.41, 5.74) is 7.99. The molecule has 4 aromatic carbocycles. The molecule has 4 atom stereocenters. The maximum Gasteiger partial charge on any atom is 0.308 e. The Morgan fingerprint density at radius 3 is 2.09 bits per heavy atom. The molecule has 0 N–H and O–H groups in total. The number of piperazine rings is 1. The second-order valence-corrected chi connectivity index (χ2v) is 13.8. The fourth-order valence-corrected chi connectivity index (χ4v) is 8.42. The van der Waals surface area contributed by atoms with E-state index in [9.17, 15) is 10.1 Å². The number of hydrogen-bond donors (Lipinski definition) is 0. The largest absolute Gasteiger partial charge is 0.493 e. The van der Waals surface area contributed by atoms with E-state index in [1.165, 1.54) is 6.92 Å². The Bertz CT molecular complexity index is 2090. The van der Waals surface area contributed by atoms with Crippen LogP contribution in [-0.4, -0.2) is 62.8 Å². The molecule has 7 rings (SSSR count). The third-order valence-corrected chi connectivity index (χ3v) is 10.7. The molecule has 10 nitrogen and oxygen atoms in total. The van der Waals surface area contributed by atoms with E-state index >= 15 is 0 Å². The predicted octanol–water partition coefficient (Wildman–Crippen LogP) is 7.25. The van der Waals surface area contributed by atoms with Gasteiger partial charge in [0.15, 0.2) is 23.0 Å². The van der Waals surface area contributed by atoms with Crippen molar-refractivity contribution in [1.82, 2.24) is 9.80 Å². The molecule has 0 spiro atoms. The predicted molar refractivity (Wildman–Crippen MR) is 200 cm³/mol. The first kappa shape index (κ1) is 35.9. The third kappa shape index (κ3) is 6.24. The number of fused-ring (bicyclic) bond motifs is 7. The molecule has 53 heavy (non-hydrogen) atoms. The Kier molecular flexibility index (Phi) is 10.1. The van der Waals surface area contributed by atoms with Crippen LogP contribution >= 0.6 is 0 Å². The van der Waals surface area contributed by atoms with Crippen LogP contribution in [0.15, 0.2) is 72.4 Å². The molecule has 2 bridgehead atoms. The van der Waals surface area contributed by atoms with Gasteiger partial charge < -0.3 is 33.3 Å². The van der Waals surface area contributed by atoms with Gasteiger partial charge in [-0.15, -0.1) is 0 Å². The first-order valence-electron chi connectivity index (χ1n) is 17.8. The summed E-state index contributed by atoms with van der Waals surface area (Å²) in [6, 6.07) is 23.3. The number of rotatable bonds is 11. The van der Waals surface area contributed by atoms with Gasteiger partial charge in [-0.3, -0.25) is 9.69 Å². The molecule has 4 aromatic rings. The molecule has 3 aliphatic rings. The van der Waals surface area contributed by atoms with Gasteiger partial charge in [0, 0.05) is 40.9 Å². The molecular weight excluding hydrogens is 670 g/mol. The van der Waals surface area contributed by atoms with Crippen molar-refractivity contribution in [2.75, 3.05) is 35.0 Å². The normalized spacial score (nSPS) is 19.9. The van der Waals surface area contributed by atoms with Crippen LogP contribution in [0.4, 0.5) is 0 Å². The molecular formula is C43H45N3O7. The summed E-state index contributed by atoms with van der Waals surface area (Å²) < 4.78 is 37.4. The van der Waals surface area contributed by atoms with Gasteiger partial charge in [-0.25, -0.2) is 0 Å². The average molecular weight is 716 g/mol. The highest BCUT2D eigenvalue weighted by Gasteiger charge is 2.53. The summed E-state index contributed by atoms with van der Waals surface area (Å²) in [4.78, 5) is 17.2. The molecule has 3 aliphatic heterocycles. The van der Waals surface area contributed by atoms with Crippen LogP contribution in [0, 0.1) is 25.2 Å². The van der Waals surface area contributed by atoms with E-state index in [1.54, 1.807) is 21.3 Å². The van der Waals surface area contributed by atoms with Crippen molar-refractivity contribution in [3.05, 3.63) is 117 Å². The minimum Gasteiger partial charge on any atom is -0.493 e. The third-order valence-electron chi connectivity index (χ3n) is 10.7. The van der Waals surface area contributed by atoms with Gasteiger partial charge in [-0.1, -0.05) is 66.7 Å². The van der Waals surface area contributed by atoms with Crippen molar-refractivity contribution in [3.63, 3.8) is 0 Å². The van der Waals surface area contributed by atoms with E-state index < -0.39 is 18.1 Å². The Labute approximate surface area is 311 Å². The highest BCUT2D eigenvalue weighted by molar-refractivity contribution is 5.80. The van der Waals surface area contributed by atoms with Crippen molar-refractivity contribution in [2.24, 2.45) is 0 Å². The summed E-state index contributed by atoms with van der Waals surface area (Å²) in [6.45, 7) is 6.19. The molecule has 0 amide bonds. The zero-order chi connectivity index (χ0) is 37.4. The number of esters is 1. The van der Waals surface area contributed by atoms with E-state index in [0.717, 1.165) is 39.1 Å². The van der Waals surface area contributed by atoms with Crippen LogP contribution in [0.1, 0.15) is 63.5 Å². The van der Waals surface area contributed by atoms with Gasteiger partial charge in [0.25, 0.3) is 0 Å². The molecule has 0 saturated carbocycles. The van der Waals surface area contributed by atoms with Crippen LogP contribution in [0.25, 0.3) is 6.08 Å². The average Bonchev–Trinajstić information content (AvgIpc) is 3.15. The van der Waals surface area contributed by atoms with Gasteiger partial charge in [-0.05, 0) is 55.6 Å². The van der Waals surface area contributed by atoms with E-state index in [2.05, 4.69) is 29.0 Å². The number of aryl methyl sites for hydroxylation is 1. The van der Waals surface area contributed by atoms with Gasteiger partial charge in [0.05, 0.1) is 52.7 Å². The first-order chi connectivity index (χ1) is 25.7. The summed E-state index contributed by atoms with van der Waals surface area (Å²) in [6.07, 6.45) is 2.66. The number of nitriles is 1. The second kappa shape index (κ2) is 14.9. The highest BCUT2D eigenvalue weighted by atomic mass is 16.5. The standard InChI is InChI=1S/C43H45N3O7/c1-25-18-30-19-32-34(21-44)46-33(38(45(32)4)36(30)43(39(25)48-5)52-23-29-16-12-9-13-17-29)20-31-37(35(46)24-51-22-28-14-10-8-11-15-28)42(50-7)41(49-6)26(2)40(31)53-27(3)47/h8-18,20,32,34-35,38H,19,22-24H2,1-7H3/t32-,34-,35-,38+/m0/s1. The molecule has 10 heteroatoms. The number of likely N-dealkylation sites (N-methyl/N-ethyl adjacent to an activating group) is 1. The minimum absolute atomic E-state index is 0.172. The van der Waals surface area contributed by atoms with Crippen molar-refractivity contribution >= 4 is 12.0 Å². The Morgan fingerprint density at radius 1 is 0.849 bits per heavy atom. The fraction of sp³-hybridized carbons (Fsp3) is 0.349. The van der Waals surface area contributed by atoms with Crippen LogP contribution in [-0.2, 0) is 29.2 Å². The summed E-state index contributed by atoms with van der Waals surface area (Å²) >= 11 is 0. The lowest BCUT2D eigenvalue weighted by atomic mass is 9.75. The second-order valence-electron chi connectivity index (χ2n) is 13.8. The molecule has 1 saturated heterocycles. The monoisotopic (exact) mass is 715 g/mol. The van der Waals surface area contributed by atoms with Gasteiger partial charge in [0.2, 0.25) is 0 Å². The quantitative estimate of drug-likeness (QED) is 0.117. The van der Waals surface area contributed by atoms with Crippen molar-refractivity contribution in [1.29, 1.82) is 5.26 Å². The van der Waals surface area contributed by atoms with E-state index in [0.29, 0.717) is 59.5 Å². The summed E-state index contributed by atoms with van der Waals surface area (Å²) in [7, 11) is 6.91. The van der Waals surface area contributed by atoms with Crippen molar-refractivity contribution in [2.45, 2.75) is 64.6 Å². The molecule has 3 heterocycles. The number of carbonyl (C=O) groups excluding carboxylic acids is 1. The molecule has 0 radical (unpaired) electrons. The summed E-state index contributed by atoms with van der Waals surface area (Å²) in [5, 5.41) is 11.1. The number of benzene rings is 4. The first-order valence-corrected chi connectivity index (χ1v) is 17.8. The van der Waals surface area contributed by atoms with Crippen LogP contribution in [0.5, 0.6) is 28.7 Å². The molecule has 1 fully saturated rings. The topological polar surface area (TPSA) is 103 Å². The SMILES string of the molecule is COc1c(C)cc2c(c1OCc1ccccc1)[C@H]1C3=Cc4c(OC(C)=O)c(C)c(OC)c(OC)c4[C@H](COCc4ccccc4)N3[C@@H](C#N)[C@H](C2)N1C. The summed E-state index contributed by atoms with van der Waals surface area (Å²) in [5.74, 6) is 2.21. The maximum atomic E-state index is 12.7. The van der Waals surface area contributed by atoms with Crippen molar-refractivity contribution in [3.8, 4) is 34.8 Å².